The molecule has 6 nitrogen and oxygen atoms in total. The number of amides is 1. The molecule has 1 saturated carbocycles. The standard InChI is InChI=1S/C17H24N2O4/c1-22-15-8-13(9-18-10-15)16(12-6-14(20)7-12)19-17(21)11-2-4-23-5-3-11/h8-12,14,16,20H,2-7H2,1H3,(H,19,21). The predicted octanol–water partition coefficient (Wildman–Crippen LogP) is 1.44. The van der Waals surface area contributed by atoms with Gasteiger partial charge in [-0.05, 0) is 43.2 Å². The van der Waals surface area contributed by atoms with Gasteiger partial charge in [-0.1, -0.05) is 0 Å². The number of hydrogen-bond donors (Lipinski definition) is 2. The van der Waals surface area contributed by atoms with E-state index in [4.69, 9.17) is 9.47 Å². The maximum Gasteiger partial charge on any atom is 0.223 e. The summed E-state index contributed by atoms with van der Waals surface area (Å²) in [6.45, 7) is 1.29. The molecule has 1 unspecified atom stereocenters. The summed E-state index contributed by atoms with van der Waals surface area (Å²) in [5.74, 6) is 0.993. The van der Waals surface area contributed by atoms with E-state index in [1.54, 1.807) is 19.5 Å². The second-order valence-electron chi connectivity index (χ2n) is 6.42. The van der Waals surface area contributed by atoms with Crippen LogP contribution < -0.4 is 10.1 Å². The monoisotopic (exact) mass is 320 g/mol. The van der Waals surface area contributed by atoms with E-state index in [0.29, 0.717) is 31.8 Å². The van der Waals surface area contributed by atoms with Crippen molar-refractivity contribution in [3.63, 3.8) is 0 Å². The van der Waals surface area contributed by atoms with E-state index in [2.05, 4.69) is 10.3 Å². The number of carbonyl (C=O) groups is 1. The number of hydrogen-bond acceptors (Lipinski definition) is 5. The van der Waals surface area contributed by atoms with Gasteiger partial charge in [-0.3, -0.25) is 9.78 Å². The SMILES string of the molecule is COc1cncc(C(NC(=O)C2CCOCC2)C2CC(O)C2)c1. The lowest BCUT2D eigenvalue weighted by atomic mass is 9.75. The number of methoxy groups -OCH3 is 1. The van der Waals surface area contributed by atoms with Crippen LogP contribution in [-0.2, 0) is 9.53 Å². The molecule has 2 aliphatic rings. The van der Waals surface area contributed by atoms with Gasteiger partial charge in [0.1, 0.15) is 5.75 Å². The lowest BCUT2D eigenvalue weighted by Crippen LogP contribution is -2.44. The van der Waals surface area contributed by atoms with E-state index in [1.165, 1.54) is 0 Å². The van der Waals surface area contributed by atoms with Gasteiger partial charge in [-0.25, -0.2) is 0 Å². The van der Waals surface area contributed by atoms with Crippen molar-refractivity contribution in [2.45, 2.75) is 37.8 Å². The minimum atomic E-state index is -0.263. The first kappa shape index (κ1) is 16.2. The Hall–Kier alpha value is -1.66. The topological polar surface area (TPSA) is 80.7 Å². The predicted molar refractivity (Wildman–Crippen MR) is 83.9 cm³/mol. The van der Waals surface area contributed by atoms with Crippen LogP contribution in [0.2, 0.25) is 0 Å². The molecule has 1 aliphatic heterocycles. The highest BCUT2D eigenvalue weighted by Crippen LogP contribution is 2.38. The van der Waals surface area contributed by atoms with Gasteiger partial charge in [0, 0.05) is 25.3 Å². The number of aromatic nitrogens is 1. The van der Waals surface area contributed by atoms with Crippen LogP contribution in [0.5, 0.6) is 5.75 Å². The van der Waals surface area contributed by atoms with Crippen molar-refractivity contribution in [2.75, 3.05) is 20.3 Å². The largest absolute Gasteiger partial charge is 0.495 e. The molecular formula is C17H24N2O4. The highest BCUT2D eigenvalue weighted by molar-refractivity contribution is 5.79. The van der Waals surface area contributed by atoms with Crippen LogP contribution in [0.4, 0.5) is 0 Å². The zero-order valence-corrected chi connectivity index (χ0v) is 13.4. The molecule has 23 heavy (non-hydrogen) atoms. The van der Waals surface area contributed by atoms with Gasteiger partial charge in [-0.2, -0.15) is 0 Å². The quantitative estimate of drug-likeness (QED) is 0.858. The summed E-state index contributed by atoms with van der Waals surface area (Å²) in [6.07, 6.45) is 6.09. The average Bonchev–Trinajstić information content (AvgIpc) is 2.58. The molecular weight excluding hydrogens is 296 g/mol. The average molecular weight is 320 g/mol. The number of aliphatic hydroxyl groups excluding tert-OH is 1. The zero-order valence-electron chi connectivity index (χ0n) is 13.4. The molecule has 1 aliphatic carbocycles. The molecule has 6 heteroatoms. The third kappa shape index (κ3) is 3.82. The second-order valence-corrected chi connectivity index (χ2v) is 6.42. The minimum Gasteiger partial charge on any atom is -0.495 e. The number of rotatable bonds is 5. The highest BCUT2D eigenvalue weighted by Gasteiger charge is 2.37. The first-order valence-corrected chi connectivity index (χ1v) is 8.22. The van der Waals surface area contributed by atoms with Crippen molar-refractivity contribution in [2.24, 2.45) is 11.8 Å². The van der Waals surface area contributed by atoms with Gasteiger partial charge < -0.3 is 19.9 Å². The number of ether oxygens (including phenoxy) is 2. The summed E-state index contributed by atoms with van der Waals surface area (Å²) in [4.78, 5) is 16.8. The fourth-order valence-corrected chi connectivity index (χ4v) is 3.32. The number of nitrogens with zero attached hydrogens (tertiary/aromatic N) is 1. The summed E-state index contributed by atoms with van der Waals surface area (Å²) in [6, 6.07) is 1.78. The van der Waals surface area contributed by atoms with Gasteiger partial charge in [0.25, 0.3) is 0 Å². The van der Waals surface area contributed by atoms with E-state index in [0.717, 1.165) is 18.4 Å². The first-order chi connectivity index (χ1) is 11.2. The van der Waals surface area contributed by atoms with Crippen molar-refractivity contribution < 1.29 is 19.4 Å². The smallest absolute Gasteiger partial charge is 0.223 e. The van der Waals surface area contributed by atoms with Gasteiger partial charge in [-0.15, -0.1) is 0 Å². The van der Waals surface area contributed by atoms with E-state index in [-0.39, 0.29) is 29.9 Å². The number of aliphatic hydroxyl groups is 1. The van der Waals surface area contributed by atoms with Gasteiger partial charge in [0.15, 0.2) is 0 Å². The Morgan fingerprint density at radius 3 is 2.78 bits per heavy atom. The Balaban J connectivity index is 1.73. The Bertz CT molecular complexity index is 539. The molecule has 2 fully saturated rings. The second kappa shape index (κ2) is 7.27. The highest BCUT2D eigenvalue weighted by atomic mass is 16.5. The lowest BCUT2D eigenvalue weighted by molar-refractivity contribution is -0.129. The number of nitrogens with one attached hydrogen (secondary N) is 1. The van der Waals surface area contributed by atoms with Crippen molar-refractivity contribution in [3.8, 4) is 5.75 Å². The molecule has 1 aromatic rings. The molecule has 0 radical (unpaired) electrons. The van der Waals surface area contributed by atoms with Crippen LogP contribution in [0.25, 0.3) is 0 Å². The fraction of sp³-hybridized carbons (Fsp3) is 0.647. The molecule has 1 saturated heterocycles. The van der Waals surface area contributed by atoms with Crippen molar-refractivity contribution >= 4 is 5.91 Å². The Morgan fingerprint density at radius 1 is 1.39 bits per heavy atom. The van der Waals surface area contributed by atoms with Crippen LogP contribution in [0, 0.1) is 11.8 Å². The number of carbonyl (C=O) groups excluding carboxylic acids is 1. The van der Waals surface area contributed by atoms with E-state index in [9.17, 15) is 9.90 Å². The van der Waals surface area contributed by atoms with Gasteiger partial charge in [0.05, 0.1) is 25.5 Å². The molecule has 3 rings (SSSR count). The molecule has 0 bridgehead atoms. The summed E-state index contributed by atoms with van der Waals surface area (Å²) in [7, 11) is 1.60. The van der Waals surface area contributed by atoms with Gasteiger partial charge in [0.2, 0.25) is 5.91 Å². The first-order valence-electron chi connectivity index (χ1n) is 8.22. The van der Waals surface area contributed by atoms with E-state index in [1.807, 2.05) is 6.07 Å². The van der Waals surface area contributed by atoms with E-state index < -0.39 is 0 Å². The fourth-order valence-electron chi connectivity index (χ4n) is 3.32. The minimum absolute atomic E-state index is 0.00909. The Labute approximate surface area is 136 Å². The van der Waals surface area contributed by atoms with Crippen molar-refractivity contribution in [1.29, 1.82) is 0 Å². The van der Waals surface area contributed by atoms with Gasteiger partial charge >= 0.3 is 0 Å². The van der Waals surface area contributed by atoms with Crippen LogP contribution in [0.1, 0.15) is 37.3 Å². The maximum absolute atomic E-state index is 12.6. The molecule has 0 aromatic carbocycles. The van der Waals surface area contributed by atoms with E-state index >= 15 is 0 Å². The number of pyridine rings is 1. The van der Waals surface area contributed by atoms with Crippen LogP contribution in [-0.4, -0.2) is 42.4 Å². The van der Waals surface area contributed by atoms with Crippen molar-refractivity contribution in [1.82, 2.24) is 10.3 Å². The molecule has 2 N–H and O–H groups in total. The third-order valence-electron chi connectivity index (χ3n) is 4.84. The van der Waals surface area contributed by atoms with Crippen LogP contribution in [0.15, 0.2) is 18.5 Å². The van der Waals surface area contributed by atoms with Crippen LogP contribution in [0.3, 0.4) is 0 Å². The van der Waals surface area contributed by atoms with Crippen molar-refractivity contribution in [3.05, 3.63) is 24.0 Å². The normalized spacial score (nSPS) is 26.2. The molecule has 0 spiro atoms. The molecule has 1 amide bonds. The Morgan fingerprint density at radius 2 is 2.13 bits per heavy atom. The molecule has 1 atom stereocenters. The molecule has 2 heterocycles. The Kier molecular flexibility index (Phi) is 5.13. The van der Waals surface area contributed by atoms with Crippen LogP contribution >= 0.6 is 0 Å². The zero-order chi connectivity index (χ0) is 16.2. The summed E-state index contributed by atoms with van der Waals surface area (Å²) in [5, 5.41) is 12.8. The lowest BCUT2D eigenvalue weighted by Gasteiger charge is -2.39. The maximum atomic E-state index is 12.6. The molecule has 126 valence electrons. The molecule has 1 aromatic heterocycles. The third-order valence-corrected chi connectivity index (χ3v) is 4.84. The summed E-state index contributed by atoms with van der Waals surface area (Å²) >= 11 is 0. The summed E-state index contributed by atoms with van der Waals surface area (Å²) in [5.41, 5.74) is 0.932. The summed E-state index contributed by atoms with van der Waals surface area (Å²) < 4.78 is 10.6.